The normalized spacial score (nSPS) is 16.1. The van der Waals surface area contributed by atoms with Gasteiger partial charge in [-0.2, -0.15) is 0 Å². The van der Waals surface area contributed by atoms with Gasteiger partial charge in [-0.3, -0.25) is 0 Å². The molecule has 0 atom stereocenters. The van der Waals surface area contributed by atoms with Crippen LogP contribution in [-0.4, -0.2) is 9.55 Å². The van der Waals surface area contributed by atoms with Crippen LogP contribution in [0.25, 0.3) is 11.0 Å². The van der Waals surface area contributed by atoms with Gasteiger partial charge in [0, 0.05) is 12.5 Å². The first-order chi connectivity index (χ1) is 7.31. The fourth-order valence-electron chi connectivity index (χ4n) is 2.13. The van der Waals surface area contributed by atoms with Crippen molar-refractivity contribution in [3.63, 3.8) is 0 Å². The topological polar surface area (TPSA) is 17.8 Å². The predicted octanol–water partition coefficient (Wildman–Crippen LogP) is 3.07. The van der Waals surface area contributed by atoms with Crippen LogP contribution in [0.3, 0.4) is 0 Å². The van der Waals surface area contributed by atoms with Gasteiger partial charge in [-0.1, -0.05) is 13.0 Å². The minimum Gasteiger partial charge on any atom is -0.322 e. The van der Waals surface area contributed by atoms with E-state index in [4.69, 9.17) is 0 Å². The summed E-state index contributed by atoms with van der Waals surface area (Å²) in [5, 5.41) is 0. The first-order valence-corrected chi connectivity index (χ1v) is 5.46. The number of rotatable bonds is 2. The standard InChI is InChI=1S/C12H13FN2/c1-2-11-14-10-5-3-4-9(13)12(10)15(11)8-6-7-8/h3-5,8H,2,6-7H2,1H3. The van der Waals surface area contributed by atoms with Crippen molar-refractivity contribution in [3.8, 4) is 0 Å². The van der Waals surface area contributed by atoms with Crippen LogP contribution in [-0.2, 0) is 6.42 Å². The van der Waals surface area contributed by atoms with Crippen LogP contribution in [0.15, 0.2) is 18.2 Å². The summed E-state index contributed by atoms with van der Waals surface area (Å²) in [6.45, 7) is 2.07. The molecule has 2 aromatic rings. The average Bonchev–Trinajstić information content (AvgIpc) is 2.99. The van der Waals surface area contributed by atoms with Crippen LogP contribution in [0.2, 0.25) is 0 Å². The Morgan fingerprint density at radius 3 is 2.93 bits per heavy atom. The molecule has 0 aliphatic heterocycles. The van der Waals surface area contributed by atoms with Crippen LogP contribution in [0.5, 0.6) is 0 Å². The van der Waals surface area contributed by atoms with Crippen molar-refractivity contribution in [3.05, 3.63) is 29.8 Å². The van der Waals surface area contributed by atoms with E-state index in [-0.39, 0.29) is 5.82 Å². The van der Waals surface area contributed by atoms with Crippen molar-refractivity contribution in [1.29, 1.82) is 0 Å². The van der Waals surface area contributed by atoms with E-state index in [2.05, 4.69) is 16.5 Å². The molecule has 0 spiro atoms. The van der Waals surface area contributed by atoms with E-state index in [1.54, 1.807) is 6.07 Å². The van der Waals surface area contributed by atoms with E-state index in [1.165, 1.54) is 6.07 Å². The van der Waals surface area contributed by atoms with Crippen molar-refractivity contribution >= 4 is 11.0 Å². The minimum absolute atomic E-state index is 0.147. The Bertz CT molecular complexity index is 512. The van der Waals surface area contributed by atoms with Crippen LogP contribution in [0.4, 0.5) is 4.39 Å². The molecule has 1 aromatic heterocycles. The summed E-state index contributed by atoms with van der Waals surface area (Å²) in [6, 6.07) is 5.61. The SMILES string of the molecule is CCc1nc2cccc(F)c2n1C1CC1. The Hall–Kier alpha value is -1.38. The highest BCUT2D eigenvalue weighted by molar-refractivity contribution is 5.77. The molecule has 1 aliphatic carbocycles. The summed E-state index contributed by atoms with van der Waals surface area (Å²) in [5.74, 6) is 0.865. The number of imidazole rings is 1. The Morgan fingerprint density at radius 1 is 1.47 bits per heavy atom. The monoisotopic (exact) mass is 204 g/mol. The van der Waals surface area contributed by atoms with Crippen LogP contribution in [0.1, 0.15) is 31.6 Å². The lowest BCUT2D eigenvalue weighted by atomic mass is 10.3. The number of benzene rings is 1. The number of nitrogens with zero attached hydrogens (tertiary/aromatic N) is 2. The lowest BCUT2D eigenvalue weighted by Crippen LogP contribution is -2.00. The van der Waals surface area contributed by atoms with Crippen molar-refractivity contribution < 1.29 is 4.39 Å². The second kappa shape index (κ2) is 3.05. The van der Waals surface area contributed by atoms with Crippen molar-refractivity contribution in [2.45, 2.75) is 32.2 Å². The van der Waals surface area contributed by atoms with Crippen LogP contribution >= 0.6 is 0 Å². The molecule has 0 unspecified atom stereocenters. The maximum absolute atomic E-state index is 13.7. The lowest BCUT2D eigenvalue weighted by Gasteiger charge is -2.05. The van der Waals surface area contributed by atoms with Crippen molar-refractivity contribution in [2.24, 2.45) is 0 Å². The highest BCUT2D eigenvalue weighted by atomic mass is 19.1. The van der Waals surface area contributed by atoms with Gasteiger partial charge in [0.05, 0.1) is 5.52 Å². The first-order valence-electron chi connectivity index (χ1n) is 5.46. The number of fused-ring (bicyclic) bond motifs is 1. The molecule has 0 N–H and O–H groups in total. The molecule has 1 saturated carbocycles. The number of aryl methyl sites for hydroxylation is 1. The van der Waals surface area contributed by atoms with Crippen LogP contribution in [0, 0.1) is 5.82 Å². The summed E-state index contributed by atoms with van der Waals surface area (Å²) in [5.41, 5.74) is 1.48. The van der Waals surface area contributed by atoms with E-state index < -0.39 is 0 Å². The fourth-order valence-corrected chi connectivity index (χ4v) is 2.13. The minimum atomic E-state index is -0.147. The Labute approximate surface area is 87.7 Å². The smallest absolute Gasteiger partial charge is 0.149 e. The molecule has 1 heterocycles. The summed E-state index contributed by atoms with van der Waals surface area (Å²) < 4.78 is 15.8. The van der Waals surface area contributed by atoms with Gasteiger partial charge >= 0.3 is 0 Å². The summed E-state index contributed by atoms with van der Waals surface area (Å²) >= 11 is 0. The van der Waals surface area contributed by atoms with E-state index in [1.807, 2.05) is 6.07 Å². The molecule has 78 valence electrons. The maximum Gasteiger partial charge on any atom is 0.149 e. The van der Waals surface area contributed by atoms with Crippen molar-refractivity contribution in [2.75, 3.05) is 0 Å². The molecule has 0 saturated heterocycles. The second-order valence-corrected chi connectivity index (χ2v) is 4.09. The summed E-state index contributed by atoms with van der Waals surface area (Å²) in [7, 11) is 0. The quantitative estimate of drug-likeness (QED) is 0.735. The van der Waals surface area contributed by atoms with Gasteiger partial charge in [-0.05, 0) is 25.0 Å². The molecule has 0 amide bonds. The molecule has 3 heteroatoms. The maximum atomic E-state index is 13.7. The van der Waals surface area contributed by atoms with Gasteiger partial charge in [-0.25, -0.2) is 9.37 Å². The fraction of sp³-hybridized carbons (Fsp3) is 0.417. The molecule has 1 fully saturated rings. The molecule has 1 aliphatic rings. The van der Waals surface area contributed by atoms with Gasteiger partial charge in [0.1, 0.15) is 17.2 Å². The number of hydrogen-bond donors (Lipinski definition) is 0. The molecular weight excluding hydrogens is 191 g/mol. The number of aromatic nitrogens is 2. The van der Waals surface area contributed by atoms with Gasteiger partial charge in [0.2, 0.25) is 0 Å². The highest BCUT2D eigenvalue weighted by Crippen LogP contribution is 2.39. The summed E-state index contributed by atoms with van der Waals surface area (Å²) in [6.07, 6.45) is 3.18. The Morgan fingerprint density at radius 2 is 2.27 bits per heavy atom. The Balaban J connectivity index is 2.35. The molecule has 0 bridgehead atoms. The second-order valence-electron chi connectivity index (χ2n) is 4.09. The molecule has 0 radical (unpaired) electrons. The summed E-state index contributed by atoms with van der Waals surface area (Å²) in [4.78, 5) is 4.48. The average molecular weight is 204 g/mol. The molecule has 3 rings (SSSR count). The number of hydrogen-bond acceptors (Lipinski definition) is 1. The highest BCUT2D eigenvalue weighted by Gasteiger charge is 2.28. The van der Waals surface area contributed by atoms with E-state index in [9.17, 15) is 4.39 Å². The largest absolute Gasteiger partial charge is 0.322 e. The zero-order valence-electron chi connectivity index (χ0n) is 8.70. The molecular formula is C12H13FN2. The molecule has 2 nitrogen and oxygen atoms in total. The van der Waals surface area contributed by atoms with E-state index >= 15 is 0 Å². The van der Waals surface area contributed by atoms with Gasteiger partial charge in [0.15, 0.2) is 0 Å². The van der Waals surface area contributed by atoms with Gasteiger partial charge < -0.3 is 4.57 Å². The van der Waals surface area contributed by atoms with Crippen molar-refractivity contribution in [1.82, 2.24) is 9.55 Å². The molecule has 15 heavy (non-hydrogen) atoms. The van der Waals surface area contributed by atoms with E-state index in [0.717, 1.165) is 30.6 Å². The third-order valence-electron chi connectivity index (χ3n) is 2.96. The van der Waals surface area contributed by atoms with Gasteiger partial charge in [0.25, 0.3) is 0 Å². The lowest BCUT2D eigenvalue weighted by molar-refractivity contribution is 0.618. The third kappa shape index (κ3) is 1.26. The molecule has 1 aromatic carbocycles. The zero-order chi connectivity index (χ0) is 10.4. The first kappa shape index (κ1) is 8.89. The Kier molecular flexibility index (Phi) is 1.81. The van der Waals surface area contributed by atoms with Crippen LogP contribution < -0.4 is 0 Å². The predicted molar refractivity (Wildman–Crippen MR) is 57.3 cm³/mol. The zero-order valence-corrected chi connectivity index (χ0v) is 8.70. The number of halogens is 1. The number of para-hydroxylation sites is 1. The van der Waals surface area contributed by atoms with E-state index in [0.29, 0.717) is 11.6 Å². The third-order valence-corrected chi connectivity index (χ3v) is 2.96. The van der Waals surface area contributed by atoms with Gasteiger partial charge in [-0.15, -0.1) is 0 Å².